The van der Waals surface area contributed by atoms with Gasteiger partial charge in [0.25, 0.3) is 5.91 Å². The second-order valence-corrected chi connectivity index (χ2v) is 8.16. The summed E-state index contributed by atoms with van der Waals surface area (Å²) in [6.07, 6.45) is -1.26. The number of benzene rings is 2. The summed E-state index contributed by atoms with van der Waals surface area (Å²) in [6.45, 7) is 3.50. The van der Waals surface area contributed by atoms with Gasteiger partial charge in [-0.3, -0.25) is 28.8 Å². The van der Waals surface area contributed by atoms with Crippen LogP contribution in [0.3, 0.4) is 0 Å². The Balaban J connectivity index is 1.43. The van der Waals surface area contributed by atoms with Crippen LogP contribution in [0.25, 0.3) is 0 Å². The van der Waals surface area contributed by atoms with E-state index < -0.39 is 42.1 Å². The molecule has 1 atom stereocenters. The van der Waals surface area contributed by atoms with Crippen LogP contribution in [0.4, 0.5) is 5.69 Å². The highest BCUT2D eigenvalue weighted by molar-refractivity contribution is 6.35. The molecule has 1 N–H and O–H groups in total. The maximum Gasteiger partial charge on any atom is 0.326 e. The van der Waals surface area contributed by atoms with Crippen molar-refractivity contribution in [3.05, 3.63) is 64.7 Å². The van der Waals surface area contributed by atoms with Crippen LogP contribution >= 0.6 is 0 Å². The van der Waals surface area contributed by atoms with Gasteiger partial charge in [0.2, 0.25) is 0 Å². The van der Waals surface area contributed by atoms with Crippen molar-refractivity contribution in [2.24, 2.45) is 0 Å². The second kappa shape index (κ2) is 9.49. The molecule has 10 nitrogen and oxygen atoms in total. The number of hydrogen-bond acceptors (Lipinski definition) is 7. The van der Waals surface area contributed by atoms with Crippen LogP contribution in [0, 0.1) is 0 Å². The topological polar surface area (TPSA) is 130 Å². The van der Waals surface area contributed by atoms with Crippen LogP contribution in [0.15, 0.2) is 42.5 Å². The lowest BCUT2D eigenvalue weighted by atomic mass is 9.83. The highest BCUT2D eigenvalue weighted by atomic mass is 16.5. The fraction of sp³-hybridized carbons (Fsp3) is 0.280. The van der Waals surface area contributed by atoms with E-state index >= 15 is 0 Å². The monoisotopic (exact) mass is 477 g/mol. The van der Waals surface area contributed by atoms with Crippen LogP contribution in [-0.4, -0.2) is 77.3 Å². The van der Waals surface area contributed by atoms with Crippen LogP contribution in [0.2, 0.25) is 0 Å². The van der Waals surface area contributed by atoms with Crippen molar-refractivity contribution in [3.8, 4) is 0 Å². The van der Waals surface area contributed by atoms with Gasteiger partial charge in [-0.15, -0.1) is 0 Å². The van der Waals surface area contributed by atoms with Crippen LogP contribution < -0.4 is 5.32 Å². The number of piperazine rings is 1. The lowest BCUT2D eigenvalue weighted by Gasteiger charge is -2.32. The molecule has 1 aliphatic carbocycles. The van der Waals surface area contributed by atoms with E-state index in [9.17, 15) is 28.8 Å². The summed E-state index contributed by atoms with van der Waals surface area (Å²) >= 11 is 0. The third kappa shape index (κ3) is 4.42. The van der Waals surface area contributed by atoms with E-state index in [4.69, 9.17) is 4.74 Å². The molecule has 10 heteroatoms. The van der Waals surface area contributed by atoms with E-state index in [1.54, 1.807) is 37.3 Å². The van der Waals surface area contributed by atoms with Gasteiger partial charge in [0, 0.05) is 36.3 Å². The molecule has 0 aromatic heterocycles. The van der Waals surface area contributed by atoms with Gasteiger partial charge in [-0.1, -0.05) is 36.4 Å². The predicted octanol–water partition coefficient (Wildman–Crippen LogP) is 1.02. The summed E-state index contributed by atoms with van der Waals surface area (Å²) in [6, 6.07) is 11.0. The molecule has 0 radical (unpaired) electrons. The fourth-order valence-corrected chi connectivity index (χ4v) is 4.09. The molecule has 0 saturated carbocycles. The van der Waals surface area contributed by atoms with Crippen molar-refractivity contribution < 1.29 is 33.5 Å². The molecule has 0 unspecified atom stereocenters. The lowest BCUT2D eigenvalue weighted by molar-refractivity contribution is -0.162. The molecular formula is C25H23N3O7. The van der Waals surface area contributed by atoms with Gasteiger partial charge < -0.3 is 19.9 Å². The molecule has 1 heterocycles. The van der Waals surface area contributed by atoms with Crippen LogP contribution in [0.1, 0.15) is 45.7 Å². The minimum absolute atomic E-state index is 0.0704. The first-order valence-corrected chi connectivity index (χ1v) is 11.1. The Morgan fingerprint density at radius 1 is 0.886 bits per heavy atom. The highest BCUT2D eigenvalue weighted by Gasteiger charge is 2.34. The number of fused-ring (bicyclic) bond motifs is 2. The second-order valence-electron chi connectivity index (χ2n) is 8.16. The van der Waals surface area contributed by atoms with Gasteiger partial charge in [0.1, 0.15) is 6.54 Å². The number of amides is 3. The number of anilines is 1. The number of carbonyl (C=O) groups excluding carboxylic acids is 6. The number of nitrogens with one attached hydrogen (secondary N) is 1. The number of likely N-dealkylation sites (N-methyl/N-ethyl adjacent to an activating group) is 1. The third-order valence-electron chi connectivity index (χ3n) is 5.99. The maximum absolute atomic E-state index is 13.1. The van der Waals surface area contributed by atoms with Crippen molar-refractivity contribution in [1.29, 1.82) is 0 Å². The van der Waals surface area contributed by atoms with E-state index in [0.29, 0.717) is 18.7 Å². The smallest absolute Gasteiger partial charge is 0.326 e. The molecule has 2 aliphatic rings. The van der Waals surface area contributed by atoms with Gasteiger partial charge in [0.15, 0.2) is 17.7 Å². The minimum Gasteiger partial charge on any atom is -0.451 e. The van der Waals surface area contributed by atoms with Crippen molar-refractivity contribution in [2.75, 3.05) is 31.5 Å². The van der Waals surface area contributed by atoms with Crippen LogP contribution in [0.5, 0.6) is 0 Å². The van der Waals surface area contributed by atoms with Crippen LogP contribution in [-0.2, 0) is 23.9 Å². The summed E-state index contributed by atoms with van der Waals surface area (Å²) in [4.78, 5) is 77.6. The Labute approximate surface area is 200 Å². The Morgan fingerprint density at radius 3 is 2.17 bits per heavy atom. The van der Waals surface area contributed by atoms with Crippen molar-refractivity contribution in [3.63, 3.8) is 0 Å². The minimum atomic E-state index is -1.26. The van der Waals surface area contributed by atoms with Crippen molar-refractivity contribution in [2.45, 2.75) is 20.0 Å². The number of hydrogen-bond donors (Lipinski definition) is 1. The molecule has 1 fully saturated rings. The molecular weight excluding hydrogens is 454 g/mol. The van der Waals surface area contributed by atoms with E-state index in [1.165, 1.54) is 24.0 Å². The third-order valence-corrected chi connectivity index (χ3v) is 5.99. The molecule has 2 aromatic rings. The van der Waals surface area contributed by atoms with Crippen molar-refractivity contribution >= 4 is 40.9 Å². The SMILES string of the molecule is CCN1CCN(CC(=O)O[C@H](C)C(=O)Nc2cccc3c2C(=O)c2ccccc2C3=O)C(=O)C1=O. The highest BCUT2D eigenvalue weighted by Crippen LogP contribution is 2.32. The molecule has 0 spiro atoms. The lowest BCUT2D eigenvalue weighted by Crippen LogP contribution is -2.55. The number of rotatable bonds is 6. The molecule has 0 bridgehead atoms. The molecule has 1 aliphatic heterocycles. The number of ketones is 2. The summed E-state index contributed by atoms with van der Waals surface area (Å²) in [5.41, 5.74) is 0.906. The first kappa shape index (κ1) is 23.8. The Bertz CT molecular complexity index is 1270. The summed E-state index contributed by atoms with van der Waals surface area (Å²) in [5, 5.41) is 2.56. The number of esters is 1. The van der Waals surface area contributed by atoms with Gasteiger partial charge in [-0.25, -0.2) is 0 Å². The standard InChI is InChI=1S/C25H23N3O7/c1-3-27-11-12-28(25(34)24(27)33)13-19(29)35-14(2)23(32)26-18-10-6-9-17-20(18)22(31)16-8-5-4-7-15(16)21(17)30/h4-10,14H,3,11-13H2,1-2H3,(H,26,32)/t14-/m1/s1. The van der Waals surface area contributed by atoms with Crippen molar-refractivity contribution in [1.82, 2.24) is 9.80 Å². The summed E-state index contributed by atoms with van der Waals surface area (Å²) in [7, 11) is 0. The molecule has 2 aromatic carbocycles. The van der Waals surface area contributed by atoms with Gasteiger partial charge in [-0.2, -0.15) is 0 Å². The van der Waals surface area contributed by atoms with E-state index in [0.717, 1.165) is 4.90 Å². The largest absolute Gasteiger partial charge is 0.451 e. The zero-order valence-corrected chi connectivity index (χ0v) is 19.2. The number of carbonyl (C=O) groups is 6. The van der Waals surface area contributed by atoms with Gasteiger partial charge >= 0.3 is 17.8 Å². The number of ether oxygens (including phenoxy) is 1. The maximum atomic E-state index is 13.1. The van der Waals surface area contributed by atoms with Gasteiger partial charge in [0.05, 0.1) is 11.3 Å². The normalized spacial score (nSPS) is 15.9. The molecule has 35 heavy (non-hydrogen) atoms. The Hall–Kier alpha value is -4.34. The summed E-state index contributed by atoms with van der Waals surface area (Å²) in [5.74, 6) is -3.78. The summed E-state index contributed by atoms with van der Waals surface area (Å²) < 4.78 is 5.15. The molecule has 3 amide bonds. The zero-order valence-electron chi connectivity index (χ0n) is 19.2. The quantitative estimate of drug-likeness (QED) is 0.414. The number of nitrogens with zero attached hydrogens (tertiary/aromatic N) is 2. The molecule has 1 saturated heterocycles. The Morgan fingerprint density at radius 2 is 1.49 bits per heavy atom. The predicted molar refractivity (Wildman–Crippen MR) is 123 cm³/mol. The first-order valence-electron chi connectivity index (χ1n) is 11.1. The Kier molecular flexibility index (Phi) is 6.46. The average Bonchev–Trinajstić information content (AvgIpc) is 2.85. The van der Waals surface area contributed by atoms with Gasteiger partial charge in [-0.05, 0) is 19.9 Å². The van der Waals surface area contributed by atoms with E-state index in [-0.39, 0.29) is 34.7 Å². The first-order chi connectivity index (χ1) is 16.7. The fourth-order valence-electron chi connectivity index (χ4n) is 4.09. The molecule has 4 rings (SSSR count). The average molecular weight is 477 g/mol. The van der Waals surface area contributed by atoms with E-state index in [1.807, 2.05) is 0 Å². The zero-order chi connectivity index (χ0) is 25.3. The molecule has 180 valence electrons. The van der Waals surface area contributed by atoms with E-state index in [2.05, 4.69) is 5.32 Å².